The van der Waals surface area contributed by atoms with Gasteiger partial charge >= 0.3 is 0 Å². The average molecular weight is 283 g/mol. The molecule has 2 nitrogen and oxygen atoms in total. The van der Waals surface area contributed by atoms with Crippen molar-refractivity contribution >= 4 is 22.9 Å². The quantitative estimate of drug-likeness (QED) is 0.490. The zero-order valence-electron chi connectivity index (χ0n) is 12.9. The fourth-order valence-electron chi connectivity index (χ4n) is 2.72. The number of hydrogen-bond acceptors (Lipinski definition) is 1. The van der Waals surface area contributed by atoms with E-state index >= 15 is 0 Å². The number of amides is 1. The van der Waals surface area contributed by atoms with E-state index in [1.165, 1.54) is 54.9 Å². The van der Waals surface area contributed by atoms with Crippen molar-refractivity contribution in [2.45, 2.75) is 51.9 Å². The molecule has 112 valence electrons. The van der Waals surface area contributed by atoms with Gasteiger partial charge in [0.05, 0.1) is 0 Å². The third-order valence-corrected chi connectivity index (χ3v) is 3.95. The zero-order chi connectivity index (χ0) is 14.9. The maximum Gasteiger partial charge on any atom is 0.211 e. The summed E-state index contributed by atoms with van der Waals surface area (Å²) in [7, 11) is 0. The summed E-state index contributed by atoms with van der Waals surface area (Å²) in [5, 5.41) is 5.11. The van der Waals surface area contributed by atoms with E-state index in [2.05, 4.69) is 36.5 Å². The molecule has 2 rings (SSSR count). The fraction of sp³-hybridized carbons (Fsp3) is 0.421. The van der Waals surface area contributed by atoms with Crippen LogP contribution >= 0.6 is 0 Å². The standard InChI is InChI=1S/C19H25NO/c1-2-3-4-5-6-7-8-16-9-10-18-14-19(20-15-21)12-11-17(18)13-16/h9-15H,2-8H2,1H3,(H,20,21). The molecule has 2 aromatic carbocycles. The van der Waals surface area contributed by atoms with Crippen molar-refractivity contribution < 1.29 is 4.79 Å². The number of aryl methyl sites for hydroxylation is 1. The van der Waals surface area contributed by atoms with Crippen LogP contribution in [-0.4, -0.2) is 6.41 Å². The van der Waals surface area contributed by atoms with E-state index in [0.717, 1.165) is 12.1 Å². The maximum absolute atomic E-state index is 10.5. The molecule has 0 unspecified atom stereocenters. The molecule has 0 bridgehead atoms. The van der Waals surface area contributed by atoms with Crippen LogP contribution in [0.2, 0.25) is 0 Å². The molecule has 1 amide bonds. The molecule has 2 aromatic rings. The number of benzene rings is 2. The minimum absolute atomic E-state index is 0.716. The molecule has 0 saturated carbocycles. The Morgan fingerprint density at radius 1 is 0.905 bits per heavy atom. The summed E-state index contributed by atoms with van der Waals surface area (Å²) in [6.45, 7) is 2.26. The van der Waals surface area contributed by atoms with Gasteiger partial charge in [0, 0.05) is 5.69 Å². The highest BCUT2D eigenvalue weighted by Crippen LogP contribution is 2.21. The fourth-order valence-corrected chi connectivity index (χ4v) is 2.72. The van der Waals surface area contributed by atoms with Crippen LogP contribution in [0.5, 0.6) is 0 Å². The second-order valence-electron chi connectivity index (χ2n) is 5.68. The molecule has 1 N–H and O–H groups in total. The summed E-state index contributed by atoms with van der Waals surface area (Å²) in [4.78, 5) is 10.5. The number of nitrogens with one attached hydrogen (secondary N) is 1. The van der Waals surface area contributed by atoms with E-state index < -0.39 is 0 Å². The summed E-state index contributed by atoms with van der Waals surface area (Å²) in [6.07, 6.45) is 9.91. The number of carbonyl (C=O) groups excluding carboxylic acids is 1. The summed E-state index contributed by atoms with van der Waals surface area (Å²) in [5.41, 5.74) is 2.26. The highest BCUT2D eigenvalue weighted by Gasteiger charge is 1.99. The lowest BCUT2D eigenvalue weighted by atomic mass is 10.0. The molecule has 0 aliphatic carbocycles. The van der Waals surface area contributed by atoms with Crippen molar-refractivity contribution in [2.24, 2.45) is 0 Å². The molecule has 0 aliphatic rings. The van der Waals surface area contributed by atoms with Gasteiger partial charge in [-0.2, -0.15) is 0 Å². The van der Waals surface area contributed by atoms with E-state index in [1.807, 2.05) is 12.1 Å². The van der Waals surface area contributed by atoms with Crippen LogP contribution in [0.15, 0.2) is 36.4 Å². The molecule has 0 saturated heterocycles. The van der Waals surface area contributed by atoms with Gasteiger partial charge in [-0.25, -0.2) is 0 Å². The topological polar surface area (TPSA) is 29.1 Å². The van der Waals surface area contributed by atoms with Gasteiger partial charge < -0.3 is 5.32 Å². The smallest absolute Gasteiger partial charge is 0.211 e. The Bertz CT molecular complexity index is 577. The first-order chi connectivity index (χ1) is 10.3. The van der Waals surface area contributed by atoms with E-state index in [9.17, 15) is 4.79 Å². The van der Waals surface area contributed by atoms with E-state index in [0.29, 0.717) is 6.41 Å². The number of carbonyl (C=O) groups is 1. The largest absolute Gasteiger partial charge is 0.329 e. The number of anilines is 1. The molecule has 21 heavy (non-hydrogen) atoms. The molecule has 0 aromatic heterocycles. The van der Waals surface area contributed by atoms with Crippen LogP contribution in [0.1, 0.15) is 51.0 Å². The Balaban J connectivity index is 1.90. The van der Waals surface area contributed by atoms with Gasteiger partial charge in [-0.1, -0.05) is 63.3 Å². The first-order valence-electron chi connectivity index (χ1n) is 8.06. The molecule has 0 radical (unpaired) electrons. The van der Waals surface area contributed by atoms with Crippen LogP contribution in [0.3, 0.4) is 0 Å². The summed E-state index contributed by atoms with van der Waals surface area (Å²) >= 11 is 0. The van der Waals surface area contributed by atoms with Gasteiger partial charge in [0.15, 0.2) is 0 Å². The molecule has 0 heterocycles. The van der Waals surface area contributed by atoms with Crippen molar-refractivity contribution in [2.75, 3.05) is 5.32 Å². The van der Waals surface area contributed by atoms with E-state index in [1.54, 1.807) is 0 Å². The summed E-state index contributed by atoms with van der Waals surface area (Å²) < 4.78 is 0. The normalized spacial score (nSPS) is 10.7. The molecule has 0 spiro atoms. The van der Waals surface area contributed by atoms with Crippen LogP contribution in [0.4, 0.5) is 5.69 Å². The highest BCUT2D eigenvalue weighted by atomic mass is 16.1. The third-order valence-electron chi connectivity index (χ3n) is 3.95. The molecular weight excluding hydrogens is 258 g/mol. The van der Waals surface area contributed by atoms with Crippen molar-refractivity contribution in [3.63, 3.8) is 0 Å². The minimum Gasteiger partial charge on any atom is -0.329 e. The van der Waals surface area contributed by atoms with E-state index in [4.69, 9.17) is 0 Å². The van der Waals surface area contributed by atoms with Gasteiger partial charge in [0.25, 0.3) is 0 Å². The Morgan fingerprint density at radius 3 is 2.43 bits per heavy atom. The second-order valence-corrected chi connectivity index (χ2v) is 5.68. The SMILES string of the molecule is CCCCCCCCc1ccc2cc(NC=O)ccc2c1. The van der Waals surface area contributed by atoms with Gasteiger partial charge in [0.2, 0.25) is 6.41 Å². The maximum atomic E-state index is 10.5. The predicted octanol–water partition coefficient (Wildman–Crippen LogP) is 5.31. The van der Waals surface area contributed by atoms with Crippen LogP contribution < -0.4 is 5.32 Å². The summed E-state index contributed by atoms with van der Waals surface area (Å²) in [6, 6.07) is 12.7. The Kier molecular flexibility index (Phi) is 6.26. The number of fused-ring (bicyclic) bond motifs is 1. The molecule has 0 atom stereocenters. The van der Waals surface area contributed by atoms with Crippen LogP contribution in [0, 0.1) is 0 Å². The predicted molar refractivity (Wildman–Crippen MR) is 90.7 cm³/mol. The first kappa shape index (κ1) is 15.6. The van der Waals surface area contributed by atoms with Gasteiger partial charge in [0.1, 0.15) is 0 Å². The molecule has 0 aliphatic heterocycles. The minimum atomic E-state index is 0.716. The lowest BCUT2D eigenvalue weighted by Crippen LogP contribution is -1.93. The lowest BCUT2D eigenvalue weighted by molar-refractivity contribution is -0.105. The van der Waals surface area contributed by atoms with Crippen molar-refractivity contribution in [1.82, 2.24) is 0 Å². The monoisotopic (exact) mass is 283 g/mol. The Morgan fingerprint density at radius 2 is 1.62 bits per heavy atom. The van der Waals surface area contributed by atoms with Crippen LogP contribution in [0.25, 0.3) is 10.8 Å². The number of rotatable bonds is 9. The van der Waals surface area contributed by atoms with E-state index in [-0.39, 0.29) is 0 Å². The van der Waals surface area contributed by atoms with Gasteiger partial charge in [-0.05, 0) is 41.3 Å². The Labute approximate surface area is 127 Å². The number of hydrogen-bond donors (Lipinski definition) is 1. The van der Waals surface area contributed by atoms with Gasteiger partial charge in [-0.3, -0.25) is 4.79 Å². The number of unbranched alkanes of at least 4 members (excludes halogenated alkanes) is 5. The molecular formula is C19H25NO. The van der Waals surface area contributed by atoms with Gasteiger partial charge in [-0.15, -0.1) is 0 Å². The lowest BCUT2D eigenvalue weighted by Gasteiger charge is -2.06. The molecule has 0 fully saturated rings. The second kappa shape index (κ2) is 8.46. The Hall–Kier alpha value is -1.83. The van der Waals surface area contributed by atoms with Crippen molar-refractivity contribution in [3.8, 4) is 0 Å². The third kappa shape index (κ3) is 4.89. The average Bonchev–Trinajstić information content (AvgIpc) is 2.51. The summed E-state index contributed by atoms with van der Waals surface area (Å²) in [5.74, 6) is 0. The molecule has 2 heteroatoms. The highest BCUT2D eigenvalue weighted by molar-refractivity contribution is 5.88. The van der Waals surface area contributed by atoms with Crippen molar-refractivity contribution in [3.05, 3.63) is 42.0 Å². The zero-order valence-corrected chi connectivity index (χ0v) is 12.9. The van der Waals surface area contributed by atoms with Crippen LogP contribution in [-0.2, 0) is 11.2 Å². The first-order valence-corrected chi connectivity index (χ1v) is 8.06. The van der Waals surface area contributed by atoms with Crippen molar-refractivity contribution in [1.29, 1.82) is 0 Å².